The molecule has 0 radical (unpaired) electrons. The van der Waals surface area contributed by atoms with Gasteiger partial charge in [0, 0.05) is 16.0 Å². The zero-order valence-electron chi connectivity index (χ0n) is 20.5. The van der Waals surface area contributed by atoms with Gasteiger partial charge in [0.05, 0.1) is 19.9 Å². The summed E-state index contributed by atoms with van der Waals surface area (Å²) in [5.41, 5.74) is 0.239. The molecule has 4 aromatic rings. The Kier molecular flexibility index (Phi) is 7.49. The molecule has 0 spiro atoms. The fraction of sp³-hybridized carbons (Fsp3) is 0.320. The molecule has 0 saturated heterocycles. The quantitative estimate of drug-likeness (QED) is 0.367. The second-order valence-electron chi connectivity index (χ2n) is 9.13. The maximum atomic E-state index is 13.6. The lowest BCUT2D eigenvalue weighted by Gasteiger charge is -2.32. The van der Waals surface area contributed by atoms with E-state index in [-0.39, 0.29) is 24.9 Å². The normalized spacial score (nSPS) is 12.2. The van der Waals surface area contributed by atoms with Gasteiger partial charge in [-0.2, -0.15) is 4.80 Å². The van der Waals surface area contributed by atoms with E-state index in [9.17, 15) is 9.59 Å². The summed E-state index contributed by atoms with van der Waals surface area (Å²) in [5.74, 6) is 0.763. The number of carbonyl (C=O) groups excluding carboxylic acids is 2. The van der Waals surface area contributed by atoms with Crippen molar-refractivity contribution >= 4 is 23.2 Å². The summed E-state index contributed by atoms with van der Waals surface area (Å²) < 4.78 is 10.8. The van der Waals surface area contributed by atoms with Gasteiger partial charge in [-0.25, -0.2) is 0 Å². The minimum atomic E-state index is -0.974. The van der Waals surface area contributed by atoms with Crippen LogP contribution in [0.3, 0.4) is 0 Å². The van der Waals surface area contributed by atoms with E-state index in [2.05, 4.69) is 20.7 Å². The minimum Gasteiger partial charge on any atom is -0.497 e. The van der Waals surface area contributed by atoms with Crippen LogP contribution in [-0.2, 0) is 22.7 Å². The number of rotatable bonds is 9. The highest BCUT2D eigenvalue weighted by molar-refractivity contribution is 7.09. The van der Waals surface area contributed by atoms with Crippen LogP contribution in [-0.4, -0.2) is 49.6 Å². The number of nitrogens with one attached hydrogen (secondary N) is 1. The van der Waals surface area contributed by atoms with Crippen molar-refractivity contribution < 1.29 is 18.7 Å². The van der Waals surface area contributed by atoms with E-state index >= 15 is 0 Å². The van der Waals surface area contributed by atoms with Gasteiger partial charge in [-0.3, -0.25) is 9.59 Å². The molecular formula is C25H28N6O4S. The molecule has 2 amide bonds. The third kappa shape index (κ3) is 6.16. The first kappa shape index (κ1) is 25.1. The van der Waals surface area contributed by atoms with E-state index in [0.717, 1.165) is 10.4 Å². The number of tetrazole rings is 1. The topological polar surface area (TPSA) is 115 Å². The number of furan rings is 1. The highest BCUT2D eigenvalue weighted by atomic mass is 32.1. The molecule has 36 heavy (non-hydrogen) atoms. The largest absolute Gasteiger partial charge is 0.497 e. The van der Waals surface area contributed by atoms with Crippen LogP contribution >= 0.6 is 11.3 Å². The fourth-order valence-electron chi connectivity index (χ4n) is 3.58. The Morgan fingerprint density at radius 1 is 1.17 bits per heavy atom. The SMILES string of the molecule is COc1ccc(-c2nnn(CC(=O)N(Cc3cccs3)C(C(=O)NC(C)(C)C)c3ccco3)n2)cc1. The van der Waals surface area contributed by atoms with Gasteiger partial charge in [0.15, 0.2) is 6.04 Å². The van der Waals surface area contributed by atoms with Crippen LogP contribution in [0.4, 0.5) is 0 Å². The molecule has 0 aliphatic carbocycles. The maximum Gasteiger partial charge on any atom is 0.251 e. The van der Waals surface area contributed by atoms with E-state index in [1.807, 2.05) is 50.4 Å². The number of nitrogens with zero attached hydrogens (tertiary/aromatic N) is 5. The van der Waals surface area contributed by atoms with Crippen molar-refractivity contribution in [3.05, 3.63) is 70.8 Å². The second kappa shape index (κ2) is 10.7. The van der Waals surface area contributed by atoms with Gasteiger partial charge in [0.2, 0.25) is 11.7 Å². The summed E-state index contributed by atoms with van der Waals surface area (Å²) >= 11 is 1.50. The second-order valence-corrected chi connectivity index (χ2v) is 10.2. The average molecular weight is 509 g/mol. The maximum absolute atomic E-state index is 13.6. The summed E-state index contributed by atoms with van der Waals surface area (Å²) in [5, 5.41) is 17.4. The molecule has 3 aromatic heterocycles. The molecule has 0 aliphatic rings. The molecule has 0 bridgehead atoms. The predicted octanol–water partition coefficient (Wildman–Crippen LogP) is 3.69. The van der Waals surface area contributed by atoms with E-state index in [1.165, 1.54) is 27.3 Å². The highest BCUT2D eigenvalue weighted by Gasteiger charge is 2.35. The van der Waals surface area contributed by atoms with Crippen LogP contribution < -0.4 is 10.1 Å². The van der Waals surface area contributed by atoms with E-state index in [0.29, 0.717) is 17.3 Å². The molecule has 11 heteroatoms. The van der Waals surface area contributed by atoms with Crippen molar-refractivity contribution in [2.24, 2.45) is 0 Å². The molecule has 0 aliphatic heterocycles. The van der Waals surface area contributed by atoms with Gasteiger partial charge in [0.25, 0.3) is 5.91 Å². The van der Waals surface area contributed by atoms with Crippen molar-refractivity contribution in [1.82, 2.24) is 30.4 Å². The number of amides is 2. The number of hydrogen-bond donors (Lipinski definition) is 1. The Labute approximate surface area is 212 Å². The molecule has 4 rings (SSSR count). The Hall–Kier alpha value is -3.99. The Morgan fingerprint density at radius 2 is 1.94 bits per heavy atom. The van der Waals surface area contributed by atoms with E-state index in [4.69, 9.17) is 9.15 Å². The first-order valence-electron chi connectivity index (χ1n) is 11.3. The number of carbonyl (C=O) groups is 2. The molecule has 1 atom stereocenters. The van der Waals surface area contributed by atoms with Crippen LogP contribution in [0.1, 0.15) is 37.5 Å². The molecule has 1 aromatic carbocycles. The van der Waals surface area contributed by atoms with Gasteiger partial charge in [0.1, 0.15) is 18.1 Å². The van der Waals surface area contributed by atoms with Gasteiger partial charge in [-0.05, 0) is 73.8 Å². The number of thiophene rings is 1. The van der Waals surface area contributed by atoms with Gasteiger partial charge >= 0.3 is 0 Å². The van der Waals surface area contributed by atoms with Crippen LogP contribution in [0.2, 0.25) is 0 Å². The van der Waals surface area contributed by atoms with Crippen LogP contribution in [0.25, 0.3) is 11.4 Å². The molecule has 1 N–H and O–H groups in total. The van der Waals surface area contributed by atoms with Crippen LogP contribution in [0.5, 0.6) is 5.75 Å². The predicted molar refractivity (Wildman–Crippen MR) is 134 cm³/mol. The monoisotopic (exact) mass is 508 g/mol. The van der Waals surface area contributed by atoms with Gasteiger partial charge in [-0.1, -0.05) is 6.07 Å². The summed E-state index contributed by atoms with van der Waals surface area (Å²) in [6, 6.07) is 13.5. The third-order valence-corrected chi connectivity index (χ3v) is 6.04. The molecule has 1 unspecified atom stereocenters. The van der Waals surface area contributed by atoms with E-state index in [1.54, 1.807) is 31.4 Å². The first-order chi connectivity index (χ1) is 17.2. The molecule has 0 saturated carbocycles. The van der Waals surface area contributed by atoms with Gasteiger partial charge in [-0.15, -0.1) is 21.5 Å². The Balaban J connectivity index is 1.61. The van der Waals surface area contributed by atoms with Crippen molar-refractivity contribution in [1.29, 1.82) is 0 Å². The summed E-state index contributed by atoms with van der Waals surface area (Å²) in [6.45, 7) is 5.68. The number of aromatic nitrogens is 4. The zero-order chi connectivity index (χ0) is 25.7. The summed E-state index contributed by atoms with van der Waals surface area (Å²) in [4.78, 5) is 30.7. The average Bonchev–Trinajstić information content (AvgIpc) is 3.61. The number of hydrogen-bond acceptors (Lipinski definition) is 8. The molecule has 0 fully saturated rings. The number of methoxy groups -OCH3 is 1. The Bertz CT molecular complexity index is 1280. The third-order valence-electron chi connectivity index (χ3n) is 5.18. The zero-order valence-corrected chi connectivity index (χ0v) is 21.4. The summed E-state index contributed by atoms with van der Waals surface area (Å²) in [6.07, 6.45) is 1.49. The molecule has 10 nitrogen and oxygen atoms in total. The first-order valence-corrected chi connectivity index (χ1v) is 12.2. The standard InChI is InChI=1S/C25H28N6O4S/c1-25(2,3)26-24(33)22(20-8-5-13-35-20)30(15-19-7-6-14-36-19)21(32)16-31-28-23(27-29-31)17-9-11-18(34-4)12-10-17/h5-14,22H,15-16H2,1-4H3,(H,26,33). The lowest BCUT2D eigenvalue weighted by Crippen LogP contribution is -2.49. The Morgan fingerprint density at radius 3 is 2.56 bits per heavy atom. The molecule has 3 heterocycles. The number of benzene rings is 1. The smallest absolute Gasteiger partial charge is 0.251 e. The highest BCUT2D eigenvalue weighted by Crippen LogP contribution is 2.27. The van der Waals surface area contributed by atoms with Crippen LogP contribution in [0.15, 0.2) is 64.6 Å². The number of ether oxygens (including phenoxy) is 1. The minimum absolute atomic E-state index is 0.200. The lowest BCUT2D eigenvalue weighted by atomic mass is 10.1. The van der Waals surface area contributed by atoms with Crippen molar-refractivity contribution in [2.45, 2.75) is 45.4 Å². The van der Waals surface area contributed by atoms with Crippen molar-refractivity contribution in [3.8, 4) is 17.1 Å². The molecule has 188 valence electrons. The van der Waals surface area contributed by atoms with Gasteiger partial charge < -0.3 is 19.4 Å². The molecular weight excluding hydrogens is 480 g/mol. The van der Waals surface area contributed by atoms with Crippen LogP contribution in [0, 0.1) is 0 Å². The fourth-order valence-corrected chi connectivity index (χ4v) is 4.28. The van der Waals surface area contributed by atoms with Crippen molar-refractivity contribution in [2.75, 3.05) is 7.11 Å². The van der Waals surface area contributed by atoms with Crippen molar-refractivity contribution in [3.63, 3.8) is 0 Å². The lowest BCUT2D eigenvalue weighted by molar-refractivity contribution is -0.143. The summed E-state index contributed by atoms with van der Waals surface area (Å²) in [7, 11) is 1.59. The van der Waals surface area contributed by atoms with E-state index < -0.39 is 11.6 Å².